The van der Waals surface area contributed by atoms with E-state index >= 15 is 0 Å². The van der Waals surface area contributed by atoms with Crippen molar-refractivity contribution in [1.82, 2.24) is 20.8 Å². The maximum atomic E-state index is 12.0. The topological polar surface area (TPSA) is 114 Å². The number of ether oxygens (including phenoxy) is 2. The maximum absolute atomic E-state index is 12.0. The van der Waals surface area contributed by atoms with Crippen LogP contribution in [-0.2, 0) is 16.0 Å². The van der Waals surface area contributed by atoms with Gasteiger partial charge in [0.05, 0.1) is 19.0 Å². The fourth-order valence-corrected chi connectivity index (χ4v) is 4.36. The first-order valence-corrected chi connectivity index (χ1v) is 11.4. The molecule has 3 amide bonds. The van der Waals surface area contributed by atoms with E-state index in [0.717, 1.165) is 30.8 Å². The third kappa shape index (κ3) is 7.47. The number of nitrogens with one attached hydrogen (secondary N) is 3. The fourth-order valence-electron chi connectivity index (χ4n) is 2.78. The van der Waals surface area contributed by atoms with Gasteiger partial charge in [-0.25, -0.2) is 4.79 Å². The number of nitrogens with zero attached hydrogens (tertiary/aromatic N) is 2. The van der Waals surface area contributed by atoms with Crippen molar-refractivity contribution >= 4 is 40.2 Å². The largest absolute Gasteiger partial charge is 0.497 e. The summed E-state index contributed by atoms with van der Waals surface area (Å²) in [4.78, 5) is 23.9. The van der Waals surface area contributed by atoms with Gasteiger partial charge in [-0.3, -0.25) is 10.1 Å². The minimum atomic E-state index is -0.342. The molecule has 1 atom stereocenters. The molecule has 1 fully saturated rings. The Morgan fingerprint density at radius 1 is 1.27 bits per heavy atom. The molecule has 11 heteroatoms. The first kappa shape index (κ1) is 22.3. The van der Waals surface area contributed by atoms with Crippen molar-refractivity contribution in [1.29, 1.82) is 0 Å². The van der Waals surface area contributed by atoms with Crippen LogP contribution in [0.2, 0.25) is 0 Å². The number of hydrogen-bond acceptors (Lipinski definition) is 8. The molecule has 2 heterocycles. The molecular formula is C19H25N5O4S2. The van der Waals surface area contributed by atoms with Crippen LogP contribution in [0.25, 0.3) is 0 Å². The second kappa shape index (κ2) is 11.7. The molecule has 1 aliphatic heterocycles. The number of carbonyl (C=O) groups is 2. The summed E-state index contributed by atoms with van der Waals surface area (Å²) >= 11 is 2.52. The van der Waals surface area contributed by atoms with Gasteiger partial charge in [0.25, 0.3) is 0 Å². The SMILES string of the molecule is COc1ccc(CCNC(=O)Nc2nnc(SCC(=O)NCC3CCCO3)s2)cc1. The maximum Gasteiger partial charge on any atom is 0.321 e. The molecule has 0 bridgehead atoms. The van der Waals surface area contributed by atoms with Crippen LogP contribution in [0.15, 0.2) is 28.6 Å². The van der Waals surface area contributed by atoms with Crippen molar-refractivity contribution in [3.05, 3.63) is 29.8 Å². The summed E-state index contributed by atoms with van der Waals surface area (Å²) in [5, 5.41) is 16.6. The molecule has 3 rings (SSSR count). The zero-order valence-corrected chi connectivity index (χ0v) is 18.3. The summed E-state index contributed by atoms with van der Waals surface area (Å²) in [5.74, 6) is 0.973. The van der Waals surface area contributed by atoms with Crippen LogP contribution < -0.4 is 20.7 Å². The molecular weight excluding hydrogens is 426 g/mol. The average Bonchev–Trinajstić information content (AvgIpc) is 3.43. The van der Waals surface area contributed by atoms with Crippen LogP contribution in [0, 0.1) is 0 Å². The van der Waals surface area contributed by atoms with Gasteiger partial charge in [0.15, 0.2) is 4.34 Å². The number of carbonyl (C=O) groups excluding carboxylic acids is 2. The lowest BCUT2D eigenvalue weighted by Gasteiger charge is -2.09. The zero-order valence-electron chi connectivity index (χ0n) is 16.7. The first-order chi connectivity index (χ1) is 14.6. The molecule has 30 heavy (non-hydrogen) atoms. The van der Waals surface area contributed by atoms with Crippen molar-refractivity contribution < 1.29 is 19.1 Å². The molecule has 1 aromatic heterocycles. The van der Waals surface area contributed by atoms with E-state index in [4.69, 9.17) is 9.47 Å². The minimum absolute atomic E-state index is 0.0727. The van der Waals surface area contributed by atoms with Gasteiger partial charge in [0.2, 0.25) is 11.0 Å². The highest BCUT2D eigenvalue weighted by molar-refractivity contribution is 8.01. The number of benzene rings is 1. The summed E-state index contributed by atoms with van der Waals surface area (Å²) < 4.78 is 11.2. The third-order valence-corrected chi connectivity index (χ3v) is 6.33. The molecule has 9 nitrogen and oxygen atoms in total. The Balaban J connectivity index is 1.31. The van der Waals surface area contributed by atoms with Crippen LogP contribution >= 0.6 is 23.1 Å². The number of anilines is 1. The van der Waals surface area contributed by atoms with Gasteiger partial charge in [-0.1, -0.05) is 35.2 Å². The van der Waals surface area contributed by atoms with Gasteiger partial charge in [-0.05, 0) is 37.0 Å². The van der Waals surface area contributed by atoms with E-state index in [9.17, 15) is 9.59 Å². The standard InChI is InChI=1S/C19H25N5O4S2/c1-27-14-6-4-13(5-7-14)8-9-20-17(26)22-18-23-24-19(30-18)29-12-16(25)21-11-15-3-2-10-28-15/h4-7,15H,2-3,8-12H2,1H3,(H,21,25)(H2,20,22,23,26). The lowest BCUT2D eigenvalue weighted by Crippen LogP contribution is -2.32. The second-order valence-corrected chi connectivity index (χ2v) is 8.78. The summed E-state index contributed by atoms with van der Waals surface area (Å²) in [6.45, 7) is 1.80. The van der Waals surface area contributed by atoms with Crippen molar-refractivity contribution in [2.45, 2.75) is 29.7 Å². The van der Waals surface area contributed by atoms with Gasteiger partial charge >= 0.3 is 6.03 Å². The Morgan fingerprint density at radius 3 is 2.83 bits per heavy atom. The number of thioether (sulfide) groups is 1. The van der Waals surface area contributed by atoms with Gasteiger partial charge in [0.1, 0.15) is 5.75 Å². The highest BCUT2D eigenvalue weighted by atomic mass is 32.2. The summed E-state index contributed by atoms with van der Waals surface area (Å²) in [7, 11) is 1.62. The Labute approximate surface area is 183 Å². The Kier molecular flexibility index (Phi) is 8.72. The van der Waals surface area contributed by atoms with Crippen molar-refractivity contribution in [3.8, 4) is 5.75 Å². The van der Waals surface area contributed by atoms with E-state index in [2.05, 4.69) is 26.1 Å². The Bertz CT molecular complexity index is 825. The molecule has 162 valence electrons. The molecule has 1 saturated heterocycles. The third-order valence-electron chi connectivity index (χ3n) is 4.36. The van der Waals surface area contributed by atoms with E-state index in [1.165, 1.54) is 23.1 Å². The highest BCUT2D eigenvalue weighted by Gasteiger charge is 2.16. The van der Waals surface area contributed by atoms with Crippen LogP contribution in [0.4, 0.5) is 9.93 Å². The van der Waals surface area contributed by atoms with Crippen molar-refractivity contribution in [2.24, 2.45) is 0 Å². The molecule has 3 N–H and O–H groups in total. The number of aromatic nitrogens is 2. The molecule has 0 spiro atoms. The molecule has 0 aliphatic carbocycles. The van der Waals surface area contributed by atoms with E-state index in [1.807, 2.05) is 24.3 Å². The van der Waals surface area contributed by atoms with E-state index < -0.39 is 0 Å². The van der Waals surface area contributed by atoms with Crippen LogP contribution in [0.1, 0.15) is 18.4 Å². The molecule has 2 aromatic rings. The lowest BCUT2D eigenvalue weighted by atomic mass is 10.1. The number of hydrogen-bond donors (Lipinski definition) is 3. The lowest BCUT2D eigenvalue weighted by molar-refractivity contribution is -0.119. The van der Waals surface area contributed by atoms with E-state index in [-0.39, 0.29) is 23.8 Å². The van der Waals surface area contributed by atoms with Gasteiger partial charge in [0, 0.05) is 19.7 Å². The normalized spacial score (nSPS) is 15.6. The summed E-state index contributed by atoms with van der Waals surface area (Å²) in [5.41, 5.74) is 1.10. The number of rotatable bonds is 10. The number of amides is 3. The number of urea groups is 1. The van der Waals surface area contributed by atoms with Crippen LogP contribution in [0.5, 0.6) is 5.75 Å². The smallest absolute Gasteiger partial charge is 0.321 e. The second-order valence-electron chi connectivity index (χ2n) is 6.58. The zero-order chi connectivity index (χ0) is 21.2. The van der Waals surface area contributed by atoms with Gasteiger partial charge < -0.3 is 20.1 Å². The number of methoxy groups -OCH3 is 1. The van der Waals surface area contributed by atoms with Gasteiger partial charge in [-0.15, -0.1) is 10.2 Å². The molecule has 0 saturated carbocycles. The average molecular weight is 452 g/mol. The molecule has 1 aliphatic rings. The Hall–Kier alpha value is -2.37. The quantitative estimate of drug-likeness (QED) is 0.375. The van der Waals surface area contributed by atoms with Gasteiger partial charge in [-0.2, -0.15) is 0 Å². The van der Waals surface area contributed by atoms with Crippen molar-refractivity contribution in [3.63, 3.8) is 0 Å². The summed E-state index contributed by atoms with van der Waals surface area (Å²) in [6.07, 6.45) is 2.86. The summed E-state index contributed by atoms with van der Waals surface area (Å²) in [6, 6.07) is 7.36. The molecule has 1 unspecified atom stereocenters. The Morgan fingerprint density at radius 2 is 2.10 bits per heavy atom. The molecule has 0 radical (unpaired) electrons. The predicted molar refractivity (Wildman–Crippen MR) is 116 cm³/mol. The van der Waals surface area contributed by atoms with E-state index in [1.54, 1.807) is 7.11 Å². The minimum Gasteiger partial charge on any atom is -0.497 e. The highest BCUT2D eigenvalue weighted by Crippen LogP contribution is 2.25. The first-order valence-electron chi connectivity index (χ1n) is 9.65. The van der Waals surface area contributed by atoms with Crippen molar-refractivity contribution in [2.75, 3.05) is 37.9 Å². The van der Waals surface area contributed by atoms with Crippen LogP contribution in [0.3, 0.4) is 0 Å². The van der Waals surface area contributed by atoms with E-state index in [0.29, 0.717) is 29.0 Å². The fraction of sp³-hybridized carbons (Fsp3) is 0.474. The molecule has 1 aromatic carbocycles. The van der Waals surface area contributed by atoms with Crippen LogP contribution in [-0.4, -0.2) is 60.8 Å². The predicted octanol–water partition coefficient (Wildman–Crippen LogP) is 2.30. The monoisotopic (exact) mass is 451 g/mol.